The number of hydrogen-bond acceptors (Lipinski definition) is 3. The molecular weight excluding hydrogens is 403 g/mol. The van der Waals surface area contributed by atoms with E-state index < -0.39 is 0 Å². The number of thiazole rings is 1. The Labute approximate surface area is 154 Å². The third-order valence-electron chi connectivity index (χ3n) is 4.08. The van der Waals surface area contributed by atoms with E-state index in [1.54, 1.807) is 23.5 Å². The first-order valence-corrected chi connectivity index (χ1v) is 9.27. The molecule has 0 N–H and O–H groups in total. The van der Waals surface area contributed by atoms with E-state index in [-0.39, 0.29) is 5.82 Å². The van der Waals surface area contributed by atoms with E-state index in [4.69, 9.17) is 4.42 Å². The Bertz CT molecular complexity index is 1220. The van der Waals surface area contributed by atoms with Crippen molar-refractivity contribution in [2.45, 2.75) is 0 Å². The molecule has 3 nitrogen and oxygen atoms in total. The van der Waals surface area contributed by atoms with Crippen LogP contribution in [0.1, 0.15) is 0 Å². The summed E-state index contributed by atoms with van der Waals surface area (Å²) in [7, 11) is 0. The van der Waals surface area contributed by atoms with Crippen LogP contribution >= 0.6 is 27.3 Å². The topological polar surface area (TPSA) is 30.4 Å². The largest absolute Gasteiger partial charge is 0.454 e. The fraction of sp³-hybridized carbons (Fsp3) is 0. The molecule has 5 rings (SSSR count). The van der Waals surface area contributed by atoms with Crippen LogP contribution in [0, 0.1) is 5.82 Å². The summed E-state index contributed by atoms with van der Waals surface area (Å²) in [4.78, 5) is 5.54. The maximum Gasteiger partial charge on any atom is 0.194 e. The molecule has 122 valence electrons. The van der Waals surface area contributed by atoms with Crippen molar-refractivity contribution in [1.82, 2.24) is 9.38 Å². The van der Waals surface area contributed by atoms with Crippen LogP contribution in [0.2, 0.25) is 0 Å². The SMILES string of the molecule is Fc1ccc(-c2csc3nc(-c4cc5cc(Br)ccc5o4)cn23)cc1. The first-order valence-electron chi connectivity index (χ1n) is 7.59. The van der Waals surface area contributed by atoms with Crippen molar-refractivity contribution in [2.24, 2.45) is 0 Å². The molecule has 0 unspecified atom stereocenters. The second-order valence-corrected chi connectivity index (χ2v) is 7.45. The van der Waals surface area contributed by atoms with Gasteiger partial charge >= 0.3 is 0 Å². The quantitative estimate of drug-likeness (QED) is 0.336. The standard InChI is InChI=1S/C19H10BrFN2OS/c20-13-3-6-17-12(7-13)8-18(24-17)15-9-23-16(10-25-19(23)22-15)11-1-4-14(21)5-2-11/h1-10H. The molecule has 0 saturated carbocycles. The number of aromatic nitrogens is 2. The van der Waals surface area contributed by atoms with Gasteiger partial charge in [-0.05, 0) is 54.1 Å². The molecule has 0 saturated heterocycles. The first-order chi connectivity index (χ1) is 12.2. The fourth-order valence-electron chi connectivity index (χ4n) is 2.87. The van der Waals surface area contributed by atoms with Crippen LogP contribution in [0.3, 0.4) is 0 Å². The fourth-order valence-corrected chi connectivity index (χ4v) is 4.13. The Morgan fingerprint density at radius 1 is 1.08 bits per heavy atom. The van der Waals surface area contributed by atoms with E-state index in [1.165, 1.54) is 12.1 Å². The summed E-state index contributed by atoms with van der Waals surface area (Å²) in [6, 6.07) is 14.4. The van der Waals surface area contributed by atoms with E-state index in [9.17, 15) is 4.39 Å². The molecule has 2 aromatic carbocycles. The summed E-state index contributed by atoms with van der Waals surface area (Å²) < 4.78 is 22.1. The summed E-state index contributed by atoms with van der Waals surface area (Å²) in [5, 5.41) is 3.05. The third kappa shape index (κ3) is 2.49. The van der Waals surface area contributed by atoms with E-state index in [0.717, 1.165) is 43.1 Å². The molecule has 0 fully saturated rings. The molecule has 0 bridgehead atoms. The van der Waals surface area contributed by atoms with Crippen molar-refractivity contribution in [3.8, 4) is 22.7 Å². The van der Waals surface area contributed by atoms with Gasteiger partial charge in [-0.25, -0.2) is 9.37 Å². The van der Waals surface area contributed by atoms with E-state index >= 15 is 0 Å². The van der Waals surface area contributed by atoms with Crippen LogP contribution in [0.25, 0.3) is 38.6 Å². The van der Waals surface area contributed by atoms with Gasteiger partial charge in [0, 0.05) is 21.4 Å². The van der Waals surface area contributed by atoms with Crippen LogP contribution in [0.4, 0.5) is 4.39 Å². The zero-order valence-corrected chi connectivity index (χ0v) is 15.1. The lowest BCUT2D eigenvalue weighted by atomic mass is 10.2. The summed E-state index contributed by atoms with van der Waals surface area (Å²) >= 11 is 5.02. The van der Waals surface area contributed by atoms with Crippen molar-refractivity contribution in [1.29, 1.82) is 0 Å². The molecule has 0 atom stereocenters. The molecule has 0 aliphatic rings. The van der Waals surface area contributed by atoms with Crippen LogP contribution < -0.4 is 0 Å². The second kappa shape index (κ2) is 5.54. The average molecular weight is 413 g/mol. The molecular formula is C19H10BrFN2OS. The lowest BCUT2D eigenvalue weighted by molar-refractivity contribution is 0.628. The zero-order chi connectivity index (χ0) is 17.0. The number of nitrogens with zero attached hydrogens (tertiary/aromatic N) is 2. The summed E-state index contributed by atoms with van der Waals surface area (Å²) in [6.07, 6.45) is 1.96. The van der Waals surface area contributed by atoms with Gasteiger partial charge in [0.05, 0.1) is 5.69 Å². The Morgan fingerprint density at radius 3 is 2.76 bits per heavy atom. The highest BCUT2D eigenvalue weighted by molar-refractivity contribution is 9.10. The van der Waals surface area contributed by atoms with Crippen molar-refractivity contribution in [3.63, 3.8) is 0 Å². The van der Waals surface area contributed by atoms with Gasteiger partial charge in [0.25, 0.3) is 0 Å². The highest BCUT2D eigenvalue weighted by atomic mass is 79.9. The molecule has 0 aliphatic heterocycles. The van der Waals surface area contributed by atoms with Crippen molar-refractivity contribution < 1.29 is 8.81 Å². The Balaban J connectivity index is 1.63. The van der Waals surface area contributed by atoms with Gasteiger partial charge in [0.1, 0.15) is 17.1 Å². The molecule has 5 aromatic rings. The minimum atomic E-state index is -0.241. The average Bonchev–Trinajstić information content (AvgIpc) is 3.28. The van der Waals surface area contributed by atoms with Crippen LogP contribution in [-0.4, -0.2) is 9.38 Å². The highest BCUT2D eigenvalue weighted by Gasteiger charge is 2.14. The smallest absolute Gasteiger partial charge is 0.194 e. The number of rotatable bonds is 2. The number of fused-ring (bicyclic) bond motifs is 2. The predicted octanol–water partition coefficient (Wildman–Crippen LogP) is 6.38. The Hall–Kier alpha value is -2.44. The maximum atomic E-state index is 13.2. The monoisotopic (exact) mass is 412 g/mol. The van der Waals surface area contributed by atoms with Gasteiger partial charge in [-0.2, -0.15) is 0 Å². The number of imidazole rings is 1. The maximum absolute atomic E-state index is 13.2. The van der Waals surface area contributed by atoms with Gasteiger partial charge in [-0.3, -0.25) is 4.40 Å². The summed E-state index contributed by atoms with van der Waals surface area (Å²) in [6.45, 7) is 0. The summed E-state index contributed by atoms with van der Waals surface area (Å²) in [5.41, 5.74) is 3.54. The molecule has 3 heterocycles. The number of benzene rings is 2. The van der Waals surface area contributed by atoms with E-state index in [2.05, 4.69) is 20.9 Å². The van der Waals surface area contributed by atoms with Gasteiger partial charge in [-0.15, -0.1) is 11.3 Å². The van der Waals surface area contributed by atoms with Crippen LogP contribution in [0.5, 0.6) is 0 Å². The molecule has 0 radical (unpaired) electrons. The molecule has 0 aliphatic carbocycles. The molecule has 25 heavy (non-hydrogen) atoms. The van der Waals surface area contributed by atoms with Gasteiger partial charge in [-0.1, -0.05) is 15.9 Å². The second-order valence-electron chi connectivity index (χ2n) is 5.70. The lowest BCUT2D eigenvalue weighted by Gasteiger charge is -1.99. The number of halogens is 2. The Morgan fingerprint density at radius 2 is 1.92 bits per heavy atom. The molecule has 0 amide bonds. The normalized spacial score (nSPS) is 11.6. The Kier molecular flexibility index (Phi) is 3.29. The number of hydrogen-bond donors (Lipinski definition) is 0. The molecule has 0 spiro atoms. The van der Waals surface area contributed by atoms with Gasteiger partial charge in [0.15, 0.2) is 10.7 Å². The van der Waals surface area contributed by atoms with E-state index in [0.29, 0.717) is 0 Å². The van der Waals surface area contributed by atoms with Gasteiger partial charge in [0.2, 0.25) is 0 Å². The summed E-state index contributed by atoms with van der Waals surface area (Å²) in [5.74, 6) is 0.490. The lowest BCUT2D eigenvalue weighted by Crippen LogP contribution is -1.84. The van der Waals surface area contributed by atoms with Crippen LogP contribution in [0.15, 0.2) is 69.0 Å². The van der Waals surface area contributed by atoms with Gasteiger partial charge < -0.3 is 4.42 Å². The number of furan rings is 1. The molecule has 3 aromatic heterocycles. The van der Waals surface area contributed by atoms with E-state index in [1.807, 2.05) is 40.2 Å². The van der Waals surface area contributed by atoms with Crippen LogP contribution in [-0.2, 0) is 0 Å². The zero-order valence-electron chi connectivity index (χ0n) is 12.7. The minimum Gasteiger partial charge on any atom is -0.454 e. The minimum absolute atomic E-state index is 0.241. The highest BCUT2D eigenvalue weighted by Crippen LogP contribution is 2.32. The third-order valence-corrected chi connectivity index (χ3v) is 5.41. The van der Waals surface area contributed by atoms with Crippen molar-refractivity contribution in [2.75, 3.05) is 0 Å². The first kappa shape index (κ1) is 14.9. The van der Waals surface area contributed by atoms with Crippen molar-refractivity contribution >= 4 is 43.2 Å². The molecule has 6 heteroatoms. The predicted molar refractivity (Wildman–Crippen MR) is 101 cm³/mol. The van der Waals surface area contributed by atoms with Crippen molar-refractivity contribution in [3.05, 3.63) is 70.4 Å².